The molecule has 64 valence electrons. The lowest BCUT2D eigenvalue weighted by molar-refractivity contribution is 0.986. The molecule has 2 heterocycles. The number of hydrogen-bond acceptors (Lipinski definition) is 2. The van der Waals surface area contributed by atoms with Crippen LogP contribution in [-0.2, 0) is 6.54 Å². The van der Waals surface area contributed by atoms with Gasteiger partial charge in [-0.15, -0.1) is 0 Å². The van der Waals surface area contributed by atoms with Crippen LogP contribution in [0, 0.1) is 0 Å². The van der Waals surface area contributed by atoms with Crippen LogP contribution in [0.3, 0.4) is 0 Å². The number of halogens is 1. The van der Waals surface area contributed by atoms with Crippen LogP contribution >= 0.6 is 11.6 Å². The molecule has 4 heteroatoms. The van der Waals surface area contributed by atoms with Gasteiger partial charge in [-0.25, -0.2) is 9.98 Å². The quantitative estimate of drug-likeness (QED) is 0.627. The van der Waals surface area contributed by atoms with Gasteiger partial charge in [0.25, 0.3) is 0 Å². The van der Waals surface area contributed by atoms with Crippen molar-refractivity contribution in [2.75, 3.05) is 0 Å². The van der Waals surface area contributed by atoms with Crippen molar-refractivity contribution in [3.8, 4) is 0 Å². The zero-order chi connectivity index (χ0) is 8.84. The highest BCUT2D eigenvalue weighted by Crippen LogP contribution is 2.21. The van der Waals surface area contributed by atoms with Gasteiger partial charge in [-0.2, -0.15) is 0 Å². The molecule has 0 unspecified atom stereocenters. The van der Waals surface area contributed by atoms with Gasteiger partial charge in [-0.05, 0) is 23.7 Å². The fraction of sp³-hybridized carbons (Fsp3) is 0.111. The maximum absolute atomic E-state index is 5.94. The number of nitrogens with zero attached hydrogens (tertiary/aromatic N) is 3. The summed E-state index contributed by atoms with van der Waals surface area (Å²) in [4.78, 5) is 8.50. The smallest absolute Gasteiger partial charge is 0.204 e. The van der Waals surface area contributed by atoms with Crippen molar-refractivity contribution in [1.29, 1.82) is 0 Å². The van der Waals surface area contributed by atoms with E-state index in [-0.39, 0.29) is 0 Å². The Kier molecular flexibility index (Phi) is 1.27. The second-order valence-electron chi connectivity index (χ2n) is 2.94. The Morgan fingerprint density at radius 2 is 2.15 bits per heavy atom. The minimum absolute atomic E-state index is 0.517. The van der Waals surface area contributed by atoms with Crippen molar-refractivity contribution in [3.05, 3.63) is 30.1 Å². The van der Waals surface area contributed by atoms with Crippen LogP contribution < -0.4 is 0 Å². The molecule has 2 aromatic rings. The maximum atomic E-state index is 5.94. The summed E-state index contributed by atoms with van der Waals surface area (Å²) in [5.41, 5.74) is 2.01. The third kappa shape index (κ3) is 0.848. The number of fused-ring (bicyclic) bond motifs is 3. The molecule has 0 fully saturated rings. The number of benzene rings is 1. The summed E-state index contributed by atoms with van der Waals surface area (Å²) in [6.07, 6.45) is 0. The number of para-hydroxylation sites is 2. The molecule has 0 atom stereocenters. The third-order valence-electron chi connectivity index (χ3n) is 2.17. The fourth-order valence-electron chi connectivity index (χ4n) is 1.59. The molecule has 1 aromatic carbocycles. The molecule has 0 spiro atoms. The van der Waals surface area contributed by atoms with E-state index >= 15 is 0 Å². The SMILES string of the molecule is ClC1=NCc2nc3ccccc3n21. The molecule has 0 radical (unpaired) electrons. The number of hydrogen-bond donors (Lipinski definition) is 0. The first kappa shape index (κ1) is 7.09. The Morgan fingerprint density at radius 1 is 1.31 bits per heavy atom. The lowest BCUT2D eigenvalue weighted by atomic mass is 10.3. The molecule has 1 aliphatic rings. The van der Waals surface area contributed by atoms with Crippen LogP contribution in [0.15, 0.2) is 29.3 Å². The highest BCUT2D eigenvalue weighted by molar-refractivity contribution is 6.65. The molecule has 13 heavy (non-hydrogen) atoms. The Hall–Kier alpha value is -1.35. The molecule has 0 N–H and O–H groups in total. The zero-order valence-corrected chi connectivity index (χ0v) is 7.49. The number of rotatable bonds is 0. The lowest BCUT2D eigenvalue weighted by Crippen LogP contribution is -2.00. The second-order valence-corrected chi connectivity index (χ2v) is 3.28. The van der Waals surface area contributed by atoms with E-state index in [9.17, 15) is 0 Å². The minimum Gasteiger partial charge on any atom is -0.269 e. The van der Waals surface area contributed by atoms with Crippen LogP contribution in [0.1, 0.15) is 5.82 Å². The Bertz CT molecular complexity index is 513. The van der Waals surface area contributed by atoms with Crippen LogP contribution in [0.4, 0.5) is 0 Å². The molecule has 1 aromatic heterocycles. The first-order valence-electron chi connectivity index (χ1n) is 4.03. The van der Waals surface area contributed by atoms with E-state index in [0.29, 0.717) is 11.8 Å². The first-order chi connectivity index (χ1) is 6.36. The average molecular weight is 192 g/mol. The summed E-state index contributed by atoms with van der Waals surface area (Å²) >= 11 is 5.94. The fourth-order valence-corrected chi connectivity index (χ4v) is 1.84. The standard InChI is InChI=1S/C9H6ClN3/c10-9-11-5-8-12-6-3-1-2-4-7(6)13(8)9/h1-4H,5H2. The van der Waals surface area contributed by atoms with Crippen molar-refractivity contribution >= 4 is 27.9 Å². The van der Waals surface area contributed by atoms with Gasteiger partial charge in [-0.3, -0.25) is 4.57 Å². The first-order valence-corrected chi connectivity index (χ1v) is 4.41. The molecule has 0 amide bonds. The molecule has 0 bridgehead atoms. The van der Waals surface area contributed by atoms with Crippen LogP contribution in [0.2, 0.25) is 0 Å². The number of imidazole rings is 1. The third-order valence-corrected chi connectivity index (χ3v) is 2.45. The summed E-state index contributed by atoms with van der Waals surface area (Å²) in [7, 11) is 0. The van der Waals surface area contributed by atoms with Crippen molar-refractivity contribution < 1.29 is 0 Å². The largest absolute Gasteiger partial charge is 0.269 e. The summed E-state index contributed by atoms with van der Waals surface area (Å²) in [6, 6.07) is 7.91. The molecule has 3 rings (SSSR count). The van der Waals surface area contributed by atoms with E-state index in [1.807, 2.05) is 28.8 Å². The van der Waals surface area contributed by atoms with E-state index in [4.69, 9.17) is 11.6 Å². The van der Waals surface area contributed by atoms with Gasteiger partial charge in [0.2, 0.25) is 5.29 Å². The van der Waals surface area contributed by atoms with Gasteiger partial charge in [0, 0.05) is 0 Å². The van der Waals surface area contributed by atoms with Crippen molar-refractivity contribution in [2.24, 2.45) is 4.99 Å². The van der Waals surface area contributed by atoms with Crippen molar-refractivity contribution in [1.82, 2.24) is 9.55 Å². The highest BCUT2D eigenvalue weighted by atomic mass is 35.5. The molecule has 1 aliphatic heterocycles. The van der Waals surface area contributed by atoms with Crippen LogP contribution in [0.5, 0.6) is 0 Å². The van der Waals surface area contributed by atoms with Gasteiger partial charge >= 0.3 is 0 Å². The monoisotopic (exact) mass is 191 g/mol. The molecule has 0 saturated carbocycles. The minimum atomic E-state index is 0.517. The van der Waals surface area contributed by atoms with Crippen molar-refractivity contribution in [3.63, 3.8) is 0 Å². The molecular formula is C9H6ClN3. The van der Waals surface area contributed by atoms with Gasteiger partial charge in [0.1, 0.15) is 12.4 Å². The van der Waals surface area contributed by atoms with E-state index < -0.39 is 0 Å². The summed E-state index contributed by atoms with van der Waals surface area (Å²) < 4.78 is 1.89. The van der Waals surface area contributed by atoms with E-state index in [1.54, 1.807) is 0 Å². The summed E-state index contributed by atoms with van der Waals surface area (Å²) in [5, 5.41) is 0.517. The van der Waals surface area contributed by atoms with Crippen LogP contribution in [0.25, 0.3) is 11.0 Å². The topological polar surface area (TPSA) is 30.2 Å². The lowest BCUT2D eigenvalue weighted by Gasteiger charge is -1.95. The van der Waals surface area contributed by atoms with E-state index in [1.165, 1.54) is 0 Å². The molecule has 3 nitrogen and oxygen atoms in total. The van der Waals surface area contributed by atoms with Crippen molar-refractivity contribution in [2.45, 2.75) is 6.54 Å². The Balaban J connectivity index is 2.47. The molecule has 0 aliphatic carbocycles. The normalized spacial score (nSPS) is 14.7. The summed E-state index contributed by atoms with van der Waals surface area (Å²) in [6.45, 7) is 0.591. The van der Waals surface area contributed by atoms with Gasteiger partial charge in [0.15, 0.2) is 0 Å². The van der Waals surface area contributed by atoms with E-state index in [2.05, 4.69) is 9.98 Å². The van der Waals surface area contributed by atoms with Gasteiger partial charge in [0.05, 0.1) is 11.0 Å². The predicted molar refractivity (Wildman–Crippen MR) is 52.1 cm³/mol. The Labute approximate surface area is 79.7 Å². The highest BCUT2D eigenvalue weighted by Gasteiger charge is 2.17. The molecular weight excluding hydrogens is 186 g/mol. The number of aliphatic imine (C=N–C) groups is 1. The summed E-state index contributed by atoms with van der Waals surface area (Å²) in [5.74, 6) is 0.922. The second kappa shape index (κ2) is 2.33. The predicted octanol–water partition coefficient (Wildman–Crippen LogP) is 1.99. The zero-order valence-electron chi connectivity index (χ0n) is 6.74. The van der Waals surface area contributed by atoms with Crippen LogP contribution in [-0.4, -0.2) is 14.8 Å². The van der Waals surface area contributed by atoms with Gasteiger partial charge < -0.3 is 0 Å². The average Bonchev–Trinajstić information content (AvgIpc) is 2.66. The Morgan fingerprint density at radius 3 is 3.08 bits per heavy atom. The maximum Gasteiger partial charge on any atom is 0.204 e. The van der Waals surface area contributed by atoms with E-state index in [0.717, 1.165) is 16.9 Å². The molecule has 0 saturated heterocycles. The van der Waals surface area contributed by atoms with Gasteiger partial charge in [-0.1, -0.05) is 12.1 Å². The number of aromatic nitrogens is 2.